The average molecular weight is 646 g/mol. The summed E-state index contributed by atoms with van der Waals surface area (Å²) < 4.78 is 5.42. The van der Waals surface area contributed by atoms with Crippen LogP contribution in [0, 0.1) is 11.8 Å². The Morgan fingerprint density at radius 2 is 1.72 bits per heavy atom. The monoisotopic (exact) mass is 645 g/mol. The molecule has 46 heavy (non-hydrogen) atoms. The van der Waals surface area contributed by atoms with Crippen molar-refractivity contribution in [2.24, 2.45) is 11.8 Å². The molecule has 11 heteroatoms. The number of alkyl carbamates (subject to hydrolysis) is 1. The predicted molar refractivity (Wildman–Crippen MR) is 180 cm³/mol. The zero-order valence-corrected chi connectivity index (χ0v) is 29.6. The number of rotatable bonds is 8. The summed E-state index contributed by atoms with van der Waals surface area (Å²) in [7, 11) is 4.97. The minimum atomic E-state index is -0.940. The van der Waals surface area contributed by atoms with Crippen LogP contribution in [0.2, 0.25) is 0 Å². The maximum absolute atomic E-state index is 14.0. The van der Waals surface area contributed by atoms with Crippen molar-refractivity contribution in [2.75, 3.05) is 27.7 Å². The van der Waals surface area contributed by atoms with E-state index in [1.165, 1.54) is 9.80 Å². The zero-order chi connectivity index (χ0) is 34.6. The highest BCUT2D eigenvalue weighted by atomic mass is 16.6. The second-order valence-corrected chi connectivity index (χ2v) is 14.2. The number of carbonyl (C=O) groups excluding carboxylic acids is 5. The molecule has 1 aliphatic heterocycles. The van der Waals surface area contributed by atoms with Crippen molar-refractivity contribution in [3.63, 3.8) is 0 Å². The SMILES string of the molecule is CCC[C@H]1C(=O)N(C)CCCC/C=C/C=C/C[C@H](N(C)C(=O)[C@@H](NC(=O)OC(C)(C)C)C2CC2)C(=O)N[C@@H](CC(C)C)C(=O)N1C. The number of amides is 5. The molecule has 1 fully saturated rings. The summed E-state index contributed by atoms with van der Waals surface area (Å²) in [6.07, 6.45) is 12.9. The topological polar surface area (TPSA) is 128 Å². The fourth-order valence-electron chi connectivity index (χ4n) is 5.61. The van der Waals surface area contributed by atoms with Gasteiger partial charge in [-0.25, -0.2) is 4.79 Å². The number of nitrogens with zero attached hydrogens (tertiary/aromatic N) is 3. The van der Waals surface area contributed by atoms with E-state index in [1.807, 2.05) is 45.1 Å². The minimum absolute atomic E-state index is 0.0432. The summed E-state index contributed by atoms with van der Waals surface area (Å²) in [6, 6.07) is -3.30. The molecule has 2 aliphatic rings. The lowest BCUT2D eigenvalue weighted by Crippen LogP contribution is -2.59. The van der Waals surface area contributed by atoms with Crippen molar-refractivity contribution < 1.29 is 28.7 Å². The van der Waals surface area contributed by atoms with E-state index in [-0.39, 0.29) is 36.0 Å². The van der Waals surface area contributed by atoms with Gasteiger partial charge in [-0.3, -0.25) is 19.2 Å². The van der Waals surface area contributed by atoms with Crippen LogP contribution in [0.4, 0.5) is 4.79 Å². The van der Waals surface area contributed by atoms with Crippen molar-refractivity contribution in [3.05, 3.63) is 24.3 Å². The van der Waals surface area contributed by atoms with Crippen LogP contribution in [0.3, 0.4) is 0 Å². The lowest BCUT2D eigenvalue weighted by molar-refractivity contribution is -0.147. The summed E-state index contributed by atoms with van der Waals surface area (Å²) >= 11 is 0. The molecule has 0 aromatic heterocycles. The lowest BCUT2D eigenvalue weighted by atomic mass is 9.99. The number of carbonyl (C=O) groups is 5. The Hall–Kier alpha value is -3.37. The normalized spacial score (nSPS) is 24.8. The van der Waals surface area contributed by atoms with Gasteiger partial charge >= 0.3 is 6.09 Å². The molecule has 0 radical (unpaired) electrons. The molecule has 0 aromatic rings. The molecule has 5 amide bonds. The first-order valence-electron chi connectivity index (χ1n) is 17.0. The van der Waals surface area contributed by atoms with E-state index in [2.05, 4.69) is 10.6 Å². The number of nitrogens with one attached hydrogen (secondary N) is 2. The van der Waals surface area contributed by atoms with Crippen molar-refractivity contribution in [2.45, 2.75) is 129 Å². The van der Waals surface area contributed by atoms with E-state index < -0.39 is 41.8 Å². The fourth-order valence-corrected chi connectivity index (χ4v) is 5.61. The highest BCUT2D eigenvalue weighted by molar-refractivity contribution is 5.95. The molecule has 4 atom stereocenters. The molecular formula is C35H59N5O6. The highest BCUT2D eigenvalue weighted by Gasteiger charge is 2.42. The van der Waals surface area contributed by atoms with Crippen LogP contribution in [-0.4, -0.2) is 102 Å². The van der Waals surface area contributed by atoms with Crippen LogP contribution in [-0.2, 0) is 23.9 Å². The summed E-state index contributed by atoms with van der Waals surface area (Å²) in [5.41, 5.74) is -0.728. The van der Waals surface area contributed by atoms with Gasteiger partial charge in [0.05, 0.1) is 0 Å². The fraction of sp³-hybridized carbons (Fsp3) is 0.743. The van der Waals surface area contributed by atoms with Gasteiger partial charge in [0.1, 0.15) is 29.8 Å². The van der Waals surface area contributed by atoms with Crippen molar-refractivity contribution in [1.29, 1.82) is 0 Å². The van der Waals surface area contributed by atoms with Crippen LogP contribution in [0.5, 0.6) is 0 Å². The van der Waals surface area contributed by atoms with Crippen LogP contribution in [0.15, 0.2) is 24.3 Å². The van der Waals surface area contributed by atoms with E-state index in [0.717, 1.165) is 32.1 Å². The average Bonchev–Trinajstić information content (AvgIpc) is 3.81. The number of allylic oxidation sites excluding steroid dienone is 3. The van der Waals surface area contributed by atoms with Gasteiger partial charge in [-0.05, 0) is 84.0 Å². The zero-order valence-electron chi connectivity index (χ0n) is 29.6. The Morgan fingerprint density at radius 1 is 1.07 bits per heavy atom. The number of likely N-dealkylation sites (N-methyl/N-ethyl adjacent to an activating group) is 3. The Morgan fingerprint density at radius 3 is 2.30 bits per heavy atom. The predicted octanol–water partition coefficient (Wildman–Crippen LogP) is 4.42. The van der Waals surface area contributed by atoms with E-state index in [0.29, 0.717) is 25.8 Å². The summed E-state index contributed by atoms with van der Waals surface area (Å²) in [6.45, 7) is 11.8. The second kappa shape index (κ2) is 18.1. The molecule has 260 valence electrons. The van der Waals surface area contributed by atoms with Gasteiger partial charge in [0.15, 0.2) is 0 Å². The van der Waals surface area contributed by atoms with Crippen LogP contribution in [0.25, 0.3) is 0 Å². The van der Waals surface area contributed by atoms with Gasteiger partial charge in [-0.1, -0.05) is 51.5 Å². The standard InChI is InChI=1S/C35H59N5O6/c1-10-18-28-32(43)38(7)22-17-15-13-11-12-14-16-19-27(30(41)36-26(23-24(2)3)31(42)40(28)9)39(8)33(44)29(25-20-21-25)37-34(45)46-35(4,5)6/h11-12,14,16,24-29H,10,13,15,17-23H2,1-9H3,(H,36,41)(H,37,45)/b12-11+,16-14+/t26-,27-,28-,29-/m0/s1. The molecule has 0 aromatic carbocycles. The smallest absolute Gasteiger partial charge is 0.408 e. The van der Waals surface area contributed by atoms with Crippen LogP contribution in [0.1, 0.15) is 99.3 Å². The molecule has 11 nitrogen and oxygen atoms in total. The molecule has 1 saturated carbocycles. The maximum atomic E-state index is 14.0. The molecule has 1 heterocycles. The van der Waals surface area contributed by atoms with E-state index in [9.17, 15) is 24.0 Å². The molecule has 1 aliphatic carbocycles. The van der Waals surface area contributed by atoms with Gasteiger partial charge in [-0.15, -0.1) is 0 Å². The van der Waals surface area contributed by atoms with Gasteiger partial charge in [0, 0.05) is 27.7 Å². The molecule has 2 N–H and O–H groups in total. The third-order valence-electron chi connectivity index (χ3n) is 8.37. The lowest BCUT2D eigenvalue weighted by Gasteiger charge is -2.35. The Bertz CT molecular complexity index is 1110. The van der Waals surface area contributed by atoms with E-state index >= 15 is 0 Å². The van der Waals surface area contributed by atoms with E-state index in [4.69, 9.17) is 4.74 Å². The molecule has 0 unspecified atom stereocenters. The third-order valence-corrected chi connectivity index (χ3v) is 8.37. The molecule has 0 saturated heterocycles. The Kier molecular flexibility index (Phi) is 15.3. The van der Waals surface area contributed by atoms with Crippen LogP contribution < -0.4 is 10.6 Å². The molecular weight excluding hydrogens is 586 g/mol. The highest BCUT2D eigenvalue weighted by Crippen LogP contribution is 2.34. The van der Waals surface area contributed by atoms with E-state index in [1.54, 1.807) is 46.8 Å². The van der Waals surface area contributed by atoms with Gasteiger partial charge < -0.3 is 30.1 Å². The quantitative estimate of drug-likeness (QED) is 0.402. The van der Waals surface area contributed by atoms with Gasteiger partial charge in [0.25, 0.3) is 0 Å². The Labute approximate surface area is 276 Å². The molecule has 2 rings (SSSR count). The number of hydrogen-bond acceptors (Lipinski definition) is 6. The van der Waals surface area contributed by atoms with Crippen molar-refractivity contribution >= 4 is 29.7 Å². The third kappa shape index (κ3) is 12.4. The summed E-state index contributed by atoms with van der Waals surface area (Å²) in [4.78, 5) is 72.6. The minimum Gasteiger partial charge on any atom is -0.444 e. The summed E-state index contributed by atoms with van der Waals surface area (Å²) in [5, 5.41) is 5.69. The van der Waals surface area contributed by atoms with Crippen molar-refractivity contribution in [3.8, 4) is 0 Å². The van der Waals surface area contributed by atoms with Crippen LogP contribution >= 0.6 is 0 Å². The first-order valence-corrected chi connectivity index (χ1v) is 17.0. The van der Waals surface area contributed by atoms with Crippen molar-refractivity contribution in [1.82, 2.24) is 25.3 Å². The van der Waals surface area contributed by atoms with Gasteiger partial charge in [0.2, 0.25) is 23.6 Å². The first kappa shape index (κ1) is 38.8. The second-order valence-electron chi connectivity index (χ2n) is 14.2. The molecule has 0 spiro atoms. The van der Waals surface area contributed by atoms with Gasteiger partial charge in [-0.2, -0.15) is 0 Å². The summed E-state index contributed by atoms with van der Waals surface area (Å²) in [5.74, 6) is -1.28. The largest absolute Gasteiger partial charge is 0.444 e. The number of ether oxygens (including phenoxy) is 1. The first-order chi connectivity index (χ1) is 21.6. The Balaban J connectivity index is 2.43. The maximum Gasteiger partial charge on any atom is 0.408 e. The number of hydrogen-bond donors (Lipinski definition) is 2. The molecule has 0 bridgehead atoms.